The van der Waals surface area contributed by atoms with Gasteiger partial charge in [0, 0.05) is 42.9 Å². The molecule has 0 aliphatic heterocycles. The summed E-state index contributed by atoms with van der Waals surface area (Å²) in [7, 11) is 0. The molecule has 1 saturated carbocycles. The van der Waals surface area contributed by atoms with Gasteiger partial charge in [-0.2, -0.15) is 0 Å². The predicted molar refractivity (Wildman–Crippen MR) is 118 cm³/mol. The van der Waals surface area contributed by atoms with E-state index in [-0.39, 0.29) is 17.4 Å². The molecule has 156 valence electrons. The van der Waals surface area contributed by atoms with Crippen LogP contribution in [0.25, 0.3) is 0 Å². The number of rotatable bonds is 8. The van der Waals surface area contributed by atoms with Crippen LogP contribution < -0.4 is 16.0 Å². The Morgan fingerprint density at radius 1 is 1.10 bits per heavy atom. The number of nitrogens with zero attached hydrogens (tertiary/aromatic N) is 1. The summed E-state index contributed by atoms with van der Waals surface area (Å²) in [5.74, 6) is -0.109. The van der Waals surface area contributed by atoms with Crippen molar-refractivity contribution in [3.63, 3.8) is 0 Å². The summed E-state index contributed by atoms with van der Waals surface area (Å²) in [5, 5.41) is 3.02. The van der Waals surface area contributed by atoms with Gasteiger partial charge in [-0.15, -0.1) is 0 Å². The number of para-hydroxylation sites is 1. The van der Waals surface area contributed by atoms with Gasteiger partial charge in [0.15, 0.2) is 0 Å². The summed E-state index contributed by atoms with van der Waals surface area (Å²) < 4.78 is 5.72. The minimum Gasteiger partial charge on any atom is -0.378 e. The maximum absolute atomic E-state index is 12.8. The predicted octanol–water partition coefficient (Wildman–Crippen LogP) is 3.99. The van der Waals surface area contributed by atoms with Crippen LogP contribution in [0.4, 0.5) is 11.4 Å². The number of hydrogen-bond donors (Lipinski definition) is 2. The molecule has 1 amide bonds. The quantitative estimate of drug-likeness (QED) is 0.709. The molecule has 2 atom stereocenters. The summed E-state index contributed by atoms with van der Waals surface area (Å²) in [6, 6.07) is 18.6. The van der Waals surface area contributed by atoms with Gasteiger partial charge in [-0.3, -0.25) is 4.79 Å². The van der Waals surface area contributed by atoms with Crippen LogP contribution >= 0.6 is 0 Å². The normalized spacial score (nSPS) is 22.6. The Morgan fingerprint density at radius 3 is 2.28 bits per heavy atom. The van der Waals surface area contributed by atoms with Crippen molar-refractivity contribution in [1.82, 2.24) is 5.32 Å². The van der Waals surface area contributed by atoms with Gasteiger partial charge in [0.2, 0.25) is 5.91 Å². The largest absolute Gasteiger partial charge is 0.378 e. The van der Waals surface area contributed by atoms with Gasteiger partial charge in [0.05, 0.1) is 6.10 Å². The van der Waals surface area contributed by atoms with E-state index in [2.05, 4.69) is 53.5 Å². The van der Waals surface area contributed by atoms with Crippen LogP contribution in [0.5, 0.6) is 0 Å². The molecule has 1 aliphatic carbocycles. The average Bonchev–Trinajstić information content (AvgIpc) is 2.74. The number of ether oxygens (including phenoxy) is 1. The lowest BCUT2D eigenvalue weighted by Crippen LogP contribution is -2.75. The molecule has 2 aromatic rings. The molecule has 0 radical (unpaired) electrons. The van der Waals surface area contributed by atoms with Crippen LogP contribution in [-0.4, -0.2) is 30.7 Å². The lowest BCUT2D eigenvalue weighted by atomic mass is 9.54. The maximum atomic E-state index is 12.8. The number of hydrogen-bond acceptors (Lipinski definition) is 4. The average molecular weight is 396 g/mol. The second-order valence-corrected chi connectivity index (χ2v) is 8.27. The highest BCUT2D eigenvalue weighted by Crippen LogP contribution is 2.49. The van der Waals surface area contributed by atoms with E-state index in [9.17, 15) is 4.79 Å². The van der Waals surface area contributed by atoms with Gasteiger partial charge in [0.25, 0.3) is 0 Å². The minimum atomic E-state index is -0.890. The Balaban J connectivity index is 1.61. The van der Waals surface area contributed by atoms with Gasteiger partial charge in [-0.05, 0) is 43.7 Å². The van der Waals surface area contributed by atoms with E-state index in [0.29, 0.717) is 19.6 Å². The number of carbonyl (C=O) groups is 1. The van der Waals surface area contributed by atoms with E-state index in [1.807, 2.05) is 39.0 Å². The van der Waals surface area contributed by atoms with Crippen molar-refractivity contribution in [3.05, 3.63) is 60.2 Å². The van der Waals surface area contributed by atoms with Gasteiger partial charge < -0.3 is 20.7 Å². The molecule has 0 aromatic heterocycles. The van der Waals surface area contributed by atoms with Crippen LogP contribution in [0.1, 0.15) is 39.7 Å². The van der Waals surface area contributed by atoms with E-state index in [1.54, 1.807) is 0 Å². The molecule has 2 unspecified atom stereocenters. The van der Waals surface area contributed by atoms with E-state index in [1.165, 1.54) is 0 Å². The summed E-state index contributed by atoms with van der Waals surface area (Å²) in [4.78, 5) is 15.0. The first kappa shape index (κ1) is 21.3. The van der Waals surface area contributed by atoms with Crippen LogP contribution in [-0.2, 0) is 16.1 Å². The van der Waals surface area contributed by atoms with Crippen LogP contribution in [0, 0.1) is 5.41 Å². The monoisotopic (exact) mass is 395 g/mol. The SMILES string of the molecule is CCOC1CC(N)(C(=O)NCc2ccc(N(CC)c3ccccc3)cc2)C1(C)C. The Labute approximate surface area is 174 Å². The van der Waals surface area contributed by atoms with E-state index >= 15 is 0 Å². The molecule has 29 heavy (non-hydrogen) atoms. The summed E-state index contributed by atoms with van der Waals surface area (Å²) in [5.41, 5.74) is 8.53. The number of carbonyl (C=O) groups excluding carboxylic acids is 1. The number of benzene rings is 2. The number of amides is 1. The zero-order valence-electron chi connectivity index (χ0n) is 17.9. The van der Waals surface area contributed by atoms with Gasteiger partial charge in [-0.25, -0.2) is 0 Å². The highest BCUT2D eigenvalue weighted by atomic mass is 16.5. The minimum absolute atomic E-state index is 0.0283. The number of nitrogens with two attached hydrogens (primary N) is 1. The summed E-state index contributed by atoms with van der Waals surface area (Å²) in [6.45, 7) is 10.1. The Hall–Kier alpha value is -2.37. The fraction of sp³-hybridized carbons (Fsp3) is 0.458. The van der Waals surface area contributed by atoms with Crippen LogP contribution in [0.3, 0.4) is 0 Å². The molecule has 5 heteroatoms. The first-order valence-corrected chi connectivity index (χ1v) is 10.4. The zero-order valence-corrected chi connectivity index (χ0v) is 17.9. The molecule has 0 saturated heterocycles. The molecular weight excluding hydrogens is 362 g/mol. The lowest BCUT2D eigenvalue weighted by Gasteiger charge is -2.57. The van der Waals surface area contributed by atoms with Crippen molar-refractivity contribution in [2.24, 2.45) is 11.1 Å². The van der Waals surface area contributed by atoms with Crippen molar-refractivity contribution in [1.29, 1.82) is 0 Å². The third kappa shape index (κ3) is 4.02. The molecule has 2 aromatic carbocycles. The Kier molecular flexibility index (Phi) is 6.30. The third-order valence-corrected chi connectivity index (χ3v) is 6.32. The molecule has 5 nitrogen and oxygen atoms in total. The van der Waals surface area contributed by atoms with Crippen molar-refractivity contribution < 1.29 is 9.53 Å². The summed E-state index contributed by atoms with van der Waals surface area (Å²) >= 11 is 0. The van der Waals surface area contributed by atoms with Gasteiger partial charge >= 0.3 is 0 Å². The standard InChI is InChI=1S/C24H33N3O2/c1-5-27(19-10-8-7-9-11-19)20-14-12-18(13-15-20)17-26-22(28)24(25)16-21(29-6-2)23(24,3)4/h7-15,21H,5-6,16-17,25H2,1-4H3,(H,26,28). The van der Waals surface area contributed by atoms with E-state index in [4.69, 9.17) is 10.5 Å². The highest BCUT2D eigenvalue weighted by molar-refractivity contribution is 5.88. The van der Waals surface area contributed by atoms with Gasteiger partial charge in [0.1, 0.15) is 5.54 Å². The zero-order chi connectivity index (χ0) is 21.1. The topological polar surface area (TPSA) is 67.6 Å². The van der Waals surface area contributed by atoms with E-state index in [0.717, 1.165) is 23.5 Å². The van der Waals surface area contributed by atoms with Crippen molar-refractivity contribution in [2.75, 3.05) is 18.1 Å². The third-order valence-electron chi connectivity index (χ3n) is 6.32. The van der Waals surface area contributed by atoms with E-state index < -0.39 is 5.54 Å². The Morgan fingerprint density at radius 2 is 1.72 bits per heavy atom. The molecule has 0 bridgehead atoms. The molecule has 0 spiro atoms. The molecule has 3 rings (SSSR count). The van der Waals surface area contributed by atoms with Crippen molar-refractivity contribution in [2.45, 2.75) is 52.3 Å². The molecule has 0 heterocycles. The van der Waals surface area contributed by atoms with Crippen molar-refractivity contribution >= 4 is 17.3 Å². The molecule has 3 N–H and O–H groups in total. The maximum Gasteiger partial charge on any atom is 0.241 e. The lowest BCUT2D eigenvalue weighted by molar-refractivity contribution is -0.170. The second kappa shape index (κ2) is 8.56. The van der Waals surface area contributed by atoms with Crippen molar-refractivity contribution in [3.8, 4) is 0 Å². The smallest absolute Gasteiger partial charge is 0.241 e. The molecule has 1 fully saturated rings. The highest BCUT2D eigenvalue weighted by Gasteiger charge is 2.62. The Bertz CT molecular complexity index is 820. The fourth-order valence-electron chi connectivity index (χ4n) is 4.08. The number of anilines is 2. The summed E-state index contributed by atoms with van der Waals surface area (Å²) in [6.07, 6.45) is 0.585. The number of nitrogens with one attached hydrogen (secondary N) is 1. The first-order valence-electron chi connectivity index (χ1n) is 10.4. The molecule has 1 aliphatic rings. The van der Waals surface area contributed by atoms with Crippen LogP contribution in [0.15, 0.2) is 54.6 Å². The molecular formula is C24H33N3O2. The van der Waals surface area contributed by atoms with Gasteiger partial charge in [-0.1, -0.05) is 44.2 Å². The van der Waals surface area contributed by atoms with Crippen LogP contribution in [0.2, 0.25) is 0 Å². The fourth-order valence-corrected chi connectivity index (χ4v) is 4.08. The first-order chi connectivity index (χ1) is 13.8. The second-order valence-electron chi connectivity index (χ2n) is 8.27.